The predicted molar refractivity (Wildman–Crippen MR) is 251 cm³/mol. The molecule has 0 saturated heterocycles. The van der Waals surface area contributed by atoms with Crippen LogP contribution in [-0.4, -0.2) is 0 Å². The average Bonchev–Trinajstić information content (AvgIpc) is 3.87. The molecule has 0 bridgehead atoms. The van der Waals surface area contributed by atoms with Gasteiger partial charge < -0.3 is 19.6 Å². The summed E-state index contributed by atoms with van der Waals surface area (Å²) in [6.45, 7) is 0. The predicted octanol–water partition coefficient (Wildman–Crippen LogP) is 14.7. The van der Waals surface area contributed by atoms with Gasteiger partial charge in [0.25, 0.3) is 0 Å². The van der Waals surface area contributed by atoms with E-state index in [0.717, 1.165) is 79.7 Å². The maximum absolute atomic E-state index is 7.26. The third-order valence-electron chi connectivity index (χ3n) is 13.0. The van der Waals surface area contributed by atoms with Gasteiger partial charge in [0, 0.05) is 39.1 Å². The molecule has 12 rings (SSSR count). The van der Waals surface area contributed by atoms with Gasteiger partial charge in [-0.1, -0.05) is 170 Å². The van der Waals surface area contributed by atoms with Crippen LogP contribution < -0.4 is 15.2 Å². The quantitative estimate of drug-likeness (QED) is 0.174. The first-order valence-electron chi connectivity index (χ1n) is 21.4. The second-order valence-electron chi connectivity index (χ2n) is 16.4. The van der Waals surface area contributed by atoms with Crippen LogP contribution in [0.15, 0.2) is 216 Å². The molecule has 1 aliphatic heterocycles. The molecule has 0 fully saturated rings. The summed E-state index contributed by atoms with van der Waals surface area (Å²) in [5, 5.41) is 2.18. The van der Waals surface area contributed by atoms with E-state index in [1.807, 2.05) is 42.5 Å². The second-order valence-corrected chi connectivity index (χ2v) is 16.4. The average molecular weight is 800 g/mol. The van der Waals surface area contributed by atoms with E-state index in [4.69, 9.17) is 19.6 Å². The Balaban J connectivity index is 0.965. The van der Waals surface area contributed by atoms with E-state index in [-0.39, 0.29) is 5.92 Å². The number of fused-ring (bicyclic) bond motifs is 8. The smallest absolute Gasteiger partial charge is 0.178 e. The lowest BCUT2D eigenvalue weighted by atomic mass is 9.66. The van der Waals surface area contributed by atoms with Crippen molar-refractivity contribution in [2.45, 2.75) is 24.2 Å². The zero-order valence-electron chi connectivity index (χ0n) is 33.9. The summed E-state index contributed by atoms with van der Waals surface area (Å²) in [6, 6.07) is 66.0. The Morgan fingerprint density at radius 1 is 0.581 bits per heavy atom. The minimum Gasteiger partial charge on any atom is -0.456 e. The van der Waals surface area contributed by atoms with Gasteiger partial charge in [0.05, 0.1) is 5.41 Å². The van der Waals surface area contributed by atoms with Crippen LogP contribution in [0.2, 0.25) is 0 Å². The first-order chi connectivity index (χ1) is 30.6. The zero-order chi connectivity index (χ0) is 41.2. The monoisotopic (exact) mass is 799 g/mol. The van der Waals surface area contributed by atoms with Crippen LogP contribution in [0, 0.1) is 0 Å². The molecule has 296 valence electrons. The van der Waals surface area contributed by atoms with Crippen LogP contribution in [0.5, 0.6) is 23.0 Å². The van der Waals surface area contributed by atoms with Crippen LogP contribution in [0.3, 0.4) is 0 Å². The van der Waals surface area contributed by atoms with Gasteiger partial charge in [-0.3, -0.25) is 0 Å². The molecule has 4 heteroatoms. The summed E-state index contributed by atoms with van der Waals surface area (Å²) in [5.74, 6) is 2.78. The Labute approximate surface area is 360 Å². The Morgan fingerprint density at radius 3 is 2.08 bits per heavy atom. The van der Waals surface area contributed by atoms with E-state index >= 15 is 0 Å². The number of benzene rings is 8. The van der Waals surface area contributed by atoms with Crippen LogP contribution in [0.4, 0.5) is 0 Å². The fraction of sp³-hybridized carbons (Fsp3) is 0.0690. The fourth-order valence-corrected chi connectivity index (χ4v) is 10.2. The van der Waals surface area contributed by atoms with E-state index in [1.165, 1.54) is 27.8 Å². The van der Waals surface area contributed by atoms with Crippen molar-refractivity contribution in [1.82, 2.24) is 0 Å². The van der Waals surface area contributed by atoms with Crippen molar-refractivity contribution in [3.8, 4) is 34.1 Å². The van der Waals surface area contributed by atoms with E-state index in [1.54, 1.807) is 0 Å². The van der Waals surface area contributed by atoms with Crippen molar-refractivity contribution in [2.75, 3.05) is 0 Å². The maximum Gasteiger partial charge on any atom is 0.178 e. The summed E-state index contributed by atoms with van der Waals surface area (Å²) in [5.41, 5.74) is 21.4. The number of para-hydroxylation sites is 2. The molecule has 3 aliphatic rings. The second kappa shape index (κ2) is 14.4. The molecule has 8 aromatic carbocycles. The first-order valence-corrected chi connectivity index (χ1v) is 21.4. The normalized spacial score (nSPS) is 15.3. The van der Waals surface area contributed by atoms with E-state index < -0.39 is 5.41 Å². The van der Waals surface area contributed by atoms with Crippen LogP contribution in [0.25, 0.3) is 44.3 Å². The summed E-state index contributed by atoms with van der Waals surface area (Å²) in [6.07, 6.45) is 8.71. The van der Waals surface area contributed by atoms with Gasteiger partial charge in [-0.25, -0.2) is 0 Å². The fourth-order valence-electron chi connectivity index (χ4n) is 10.2. The van der Waals surface area contributed by atoms with E-state index in [0.29, 0.717) is 17.2 Å². The Morgan fingerprint density at radius 2 is 1.27 bits per heavy atom. The lowest BCUT2D eigenvalue weighted by molar-refractivity contribution is 0.359. The molecule has 0 radical (unpaired) electrons. The highest BCUT2D eigenvalue weighted by Crippen LogP contribution is 2.63. The number of hydrogen-bond donors (Lipinski definition) is 1. The third-order valence-corrected chi connectivity index (χ3v) is 13.0. The molecule has 0 saturated carbocycles. The standard InChI is InChI=1S/C58H41NO3/c59-50(40-30-31-45-44-24-11-13-28-51(44)60-54(45)35-40)36-47(37-16-4-1-5-17-37)39-19-14-18-38(34-39)43-26-15-29-52-56(43)62-57-53(61-52)33-32-49-55(57)46-25-10-12-27-48(46)58(49,41-20-6-2-7-21-41)42-22-8-3-9-23-42/h1-9,11-24,26-36,47H,10,25,59H2/b50-36-. The minimum absolute atomic E-state index is 0.128. The first kappa shape index (κ1) is 36.1. The molecular weight excluding hydrogens is 759 g/mol. The van der Waals surface area contributed by atoms with Crippen molar-refractivity contribution in [3.05, 3.63) is 251 Å². The summed E-state index contributed by atoms with van der Waals surface area (Å²) < 4.78 is 20.3. The number of hydrogen-bond acceptors (Lipinski definition) is 4. The number of allylic oxidation sites excluding steroid dienone is 5. The topological polar surface area (TPSA) is 57.6 Å². The largest absolute Gasteiger partial charge is 0.456 e. The summed E-state index contributed by atoms with van der Waals surface area (Å²) >= 11 is 0. The van der Waals surface area contributed by atoms with Gasteiger partial charge in [0.1, 0.15) is 11.2 Å². The highest BCUT2D eigenvalue weighted by molar-refractivity contribution is 6.05. The molecule has 2 aliphatic carbocycles. The van der Waals surface area contributed by atoms with Crippen molar-refractivity contribution in [3.63, 3.8) is 0 Å². The van der Waals surface area contributed by atoms with Gasteiger partial charge in [-0.2, -0.15) is 0 Å². The SMILES string of the molecule is N/C(=C\C(c1ccccc1)c1cccc(-c2cccc3c2Oc2c(ccc4c2C2=C(C=CCC2)C4(c2ccccc2)c2ccccc2)O3)c1)c1ccc2c(c1)oc1ccccc12. The van der Waals surface area contributed by atoms with E-state index in [9.17, 15) is 0 Å². The molecule has 4 nitrogen and oxygen atoms in total. The zero-order valence-corrected chi connectivity index (χ0v) is 33.9. The van der Waals surface area contributed by atoms with Gasteiger partial charge in [0.2, 0.25) is 0 Å². The molecule has 1 unspecified atom stereocenters. The molecule has 62 heavy (non-hydrogen) atoms. The number of ether oxygens (including phenoxy) is 2. The lowest BCUT2D eigenvalue weighted by Gasteiger charge is -2.35. The number of furan rings is 1. The molecule has 0 spiro atoms. The van der Waals surface area contributed by atoms with Crippen molar-refractivity contribution in [1.29, 1.82) is 0 Å². The molecule has 2 N–H and O–H groups in total. The van der Waals surface area contributed by atoms with Gasteiger partial charge in [-0.15, -0.1) is 0 Å². The highest BCUT2D eigenvalue weighted by Gasteiger charge is 2.49. The Bertz CT molecular complexity index is 3260. The van der Waals surface area contributed by atoms with Crippen molar-refractivity contribution >= 4 is 33.2 Å². The molecule has 9 aromatic rings. The Kier molecular flexibility index (Phi) is 8.39. The lowest BCUT2D eigenvalue weighted by Crippen LogP contribution is -2.29. The van der Waals surface area contributed by atoms with Crippen molar-refractivity contribution in [2.24, 2.45) is 5.73 Å². The van der Waals surface area contributed by atoms with Crippen molar-refractivity contribution < 1.29 is 13.9 Å². The van der Waals surface area contributed by atoms with Crippen LogP contribution in [0.1, 0.15) is 57.7 Å². The molecule has 0 amide bonds. The molecule has 1 atom stereocenters. The van der Waals surface area contributed by atoms with Crippen LogP contribution >= 0.6 is 0 Å². The van der Waals surface area contributed by atoms with Crippen LogP contribution in [-0.2, 0) is 5.41 Å². The Hall–Kier alpha value is -7.82. The van der Waals surface area contributed by atoms with Gasteiger partial charge in [0.15, 0.2) is 23.0 Å². The molecule has 1 aromatic heterocycles. The summed E-state index contributed by atoms with van der Waals surface area (Å²) in [4.78, 5) is 0. The number of rotatable bonds is 7. The number of nitrogens with two attached hydrogens (primary N) is 1. The summed E-state index contributed by atoms with van der Waals surface area (Å²) in [7, 11) is 0. The van der Waals surface area contributed by atoms with Gasteiger partial charge >= 0.3 is 0 Å². The van der Waals surface area contributed by atoms with Gasteiger partial charge in [-0.05, 0) is 93.8 Å². The third kappa shape index (κ3) is 5.60. The maximum atomic E-state index is 7.26. The minimum atomic E-state index is -0.504. The highest BCUT2D eigenvalue weighted by atomic mass is 16.6. The molecular formula is C58H41NO3. The van der Waals surface area contributed by atoms with E-state index in [2.05, 4.69) is 164 Å². The molecule has 2 heterocycles.